The molecule has 2 aromatic heterocycles. The molecule has 0 radical (unpaired) electrons. The number of rotatable bonds is 7. The van der Waals surface area contributed by atoms with Crippen LogP contribution in [0.25, 0.3) is 0 Å². The predicted octanol–water partition coefficient (Wildman–Crippen LogP) is -0.210. The molecule has 0 aliphatic carbocycles. The molecular formula is C16H23N5O3. The minimum absolute atomic E-state index is 0.0594. The van der Waals surface area contributed by atoms with Gasteiger partial charge in [0.2, 0.25) is 5.91 Å². The Morgan fingerprint density at radius 3 is 2.67 bits per heavy atom. The zero-order chi connectivity index (χ0) is 17.9. The van der Waals surface area contributed by atoms with Gasteiger partial charge in [0.1, 0.15) is 5.82 Å². The number of nitrogens with zero attached hydrogens (tertiary/aromatic N) is 4. The van der Waals surface area contributed by atoms with Crippen molar-refractivity contribution in [2.75, 3.05) is 0 Å². The topological polar surface area (TPSA) is 116 Å². The fourth-order valence-corrected chi connectivity index (χ4v) is 2.46. The summed E-state index contributed by atoms with van der Waals surface area (Å²) in [6.45, 7) is 5.86. The van der Waals surface area contributed by atoms with E-state index in [-0.39, 0.29) is 18.5 Å². The Balaban J connectivity index is 2.25. The molecule has 1 amide bonds. The average Bonchev–Trinajstić information content (AvgIpc) is 2.76. The normalized spacial score (nSPS) is 11.7. The van der Waals surface area contributed by atoms with Crippen LogP contribution in [0.5, 0.6) is 0 Å². The molecule has 0 bridgehead atoms. The molecule has 130 valence electrons. The number of aromatic nitrogens is 4. The highest BCUT2D eigenvalue weighted by atomic mass is 16.3. The molecule has 2 heterocycles. The summed E-state index contributed by atoms with van der Waals surface area (Å²) in [6, 6.07) is 5.09. The van der Waals surface area contributed by atoms with Crippen molar-refractivity contribution in [3.63, 3.8) is 0 Å². The van der Waals surface area contributed by atoms with Gasteiger partial charge in [0.25, 0.3) is 5.56 Å². The number of pyridine rings is 1. The lowest BCUT2D eigenvalue weighted by Gasteiger charge is -2.18. The molecule has 2 rings (SSSR count). The Morgan fingerprint density at radius 1 is 1.38 bits per heavy atom. The summed E-state index contributed by atoms with van der Waals surface area (Å²) in [7, 11) is 0. The molecule has 0 saturated heterocycles. The maximum Gasteiger partial charge on any atom is 0.250 e. The lowest BCUT2D eigenvalue weighted by molar-refractivity contribution is -0.117. The van der Waals surface area contributed by atoms with Crippen molar-refractivity contribution in [1.82, 2.24) is 19.3 Å². The van der Waals surface area contributed by atoms with Crippen LogP contribution >= 0.6 is 0 Å². The highest BCUT2D eigenvalue weighted by Gasteiger charge is 2.19. The van der Waals surface area contributed by atoms with E-state index in [0.29, 0.717) is 24.6 Å². The van der Waals surface area contributed by atoms with Crippen LogP contribution in [0.4, 0.5) is 0 Å². The Kier molecular flexibility index (Phi) is 5.18. The number of amides is 1. The van der Waals surface area contributed by atoms with Gasteiger partial charge in [-0.1, -0.05) is 6.07 Å². The molecule has 0 saturated carbocycles. The fourth-order valence-electron chi connectivity index (χ4n) is 2.46. The molecule has 0 aliphatic heterocycles. The molecule has 0 atom stereocenters. The van der Waals surface area contributed by atoms with Crippen molar-refractivity contribution in [1.29, 1.82) is 0 Å². The maximum atomic E-state index is 11.9. The highest BCUT2D eigenvalue weighted by Crippen LogP contribution is 2.10. The van der Waals surface area contributed by atoms with Gasteiger partial charge in [-0.05, 0) is 26.8 Å². The predicted molar refractivity (Wildman–Crippen MR) is 88.4 cm³/mol. The Bertz CT molecular complexity index is 786. The zero-order valence-electron chi connectivity index (χ0n) is 14.2. The number of hydrogen-bond donors (Lipinski definition) is 2. The van der Waals surface area contributed by atoms with Crippen LogP contribution in [0.2, 0.25) is 0 Å². The second-order valence-corrected chi connectivity index (χ2v) is 6.46. The third-order valence-corrected chi connectivity index (χ3v) is 3.49. The lowest BCUT2D eigenvalue weighted by Crippen LogP contribution is -2.29. The monoisotopic (exact) mass is 333 g/mol. The number of nitrogens with two attached hydrogens (primary N) is 1. The molecule has 0 aromatic carbocycles. The van der Waals surface area contributed by atoms with Crippen LogP contribution < -0.4 is 11.3 Å². The number of primary amides is 1. The lowest BCUT2D eigenvalue weighted by atomic mass is 10.1. The molecule has 8 heteroatoms. The number of carbonyl (C=O) groups is 1. The first kappa shape index (κ1) is 17.9. The van der Waals surface area contributed by atoms with E-state index in [0.717, 1.165) is 5.69 Å². The standard InChI is InChI=1S/C16H23N5O3/c1-11-5-4-6-15(23)20(11)8-7-14-18-13(9-12(17)22)19-21(14)10-16(2,3)24/h4-6,24H,7-10H2,1-3H3,(H2,17,22). The van der Waals surface area contributed by atoms with Crippen molar-refractivity contribution in [2.24, 2.45) is 5.73 Å². The Labute approximate surface area is 139 Å². The number of aliphatic hydroxyl groups is 1. The number of hydrogen-bond acceptors (Lipinski definition) is 5. The largest absolute Gasteiger partial charge is 0.389 e. The molecule has 3 N–H and O–H groups in total. The van der Waals surface area contributed by atoms with E-state index >= 15 is 0 Å². The highest BCUT2D eigenvalue weighted by molar-refractivity contribution is 5.75. The van der Waals surface area contributed by atoms with Gasteiger partial charge in [0, 0.05) is 24.7 Å². The Hall–Kier alpha value is -2.48. The van der Waals surface area contributed by atoms with E-state index < -0.39 is 11.5 Å². The van der Waals surface area contributed by atoms with Gasteiger partial charge in [-0.3, -0.25) is 9.59 Å². The third kappa shape index (κ3) is 4.76. The molecule has 8 nitrogen and oxygen atoms in total. The van der Waals surface area contributed by atoms with Crippen LogP contribution in [-0.2, 0) is 30.7 Å². The molecule has 0 spiro atoms. The van der Waals surface area contributed by atoms with Crippen LogP contribution in [0.1, 0.15) is 31.2 Å². The second-order valence-electron chi connectivity index (χ2n) is 6.46. The van der Waals surface area contributed by atoms with E-state index in [9.17, 15) is 14.7 Å². The zero-order valence-corrected chi connectivity index (χ0v) is 14.2. The smallest absolute Gasteiger partial charge is 0.250 e. The summed E-state index contributed by atoms with van der Waals surface area (Å²) in [5.74, 6) is 0.402. The summed E-state index contributed by atoms with van der Waals surface area (Å²) < 4.78 is 3.22. The first-order valence-corrected chi connectivity index (χ1v) is 7.75. The quantitative estimate of drug-likeness (QED) is 0.727. The van der Waals surface area contributed by atoms with Gasteiger partial charge in [-0.2, -0.15) is 5.10 Å². The SMILES string of the molecule is Cc1cccc(=O)n1CCc1nc(CC(N)=O)nn1CC(C)(C)O. The number of aryl methyl sites for hydroxylation is 2. The Morgan fingerprint density at radius 2 is 2.08 bits per heavy atom. The van der Waals surface area contributed by atoms with Crippen molar-refractivity contribution in [2.45, 2.75) is 52.3 Å². The van der Waals surface area contributed by atoms with Crippen molar-refractivity contribution in [3.05, 3.63) is 45.9 Å². The molecule has 2 aromatic rings. The molecule has 0 fully saturated rings. The fraction of sp³-hybridized carbons (Fsp3) is 0.500. The van der Waals surface area contributed by atoms with Gasteiger partial charge < -0.3 is 15.4 Å². The minimum atomic E-state index is -0.980. The summed E-state index contributed by atoms with van der Waals surface area (Å²) >= 11 is 0. The summed E-state index contributed by atoms with van der Waals surface area (Å²) in [4.78, 5) is 27.4. The molecule has 24 heavy (non-hydrogen) atoms. The van der Waals surface area contributed by atoms with E-state index in [1.807, 2.05) is 13.0 Å². The van der Waals surface area contributed by atoms with Gasteiger partial charge in [0.05, 0.1) is 18.6 Å². The van der Waals surface area contributed by atoms with E-state index in [1.165, 1.54) is 6.07 Å². The van der Waals surface area contributed by atoms with E-state index in [4.69, 9.17) is 5.73 Å². The number of carbonyl (C=O) groups excluding carboxylic acids is 1. The van der Waals surface area contributed by atoms with Gasteiger partial charge >= 0.3 is 0 Å². The first-order valence-electron chi connectivity index (χ1n) is 7.75. The van der Waals surface area contributed by atoms with Crippen molar-refractivity contribution >= 4 is 5.91 Å². The van der Waals surface area contributed by atoms with E-state index in [2.05, 4.69) is 10.1 Å². The second kappa shape index (κ2) is 6.96. The minimum Gasteiger partial charge on any atom is -0.389 e. The van der Waals surface area contributed by atoms with Crippen LogP contribution in [0, 0.1) is 6.92 Å². The molecule has 0 aliphatic rings. The summed E-state index contributed by atoms with van der Waals surface area (Å²) in [5.41, 5.74) is 4.99. The van der Waals surface area contributed by atoms with Crippen LogP contribution in [0.15, 0.2) is 23.0 Å². The van der Waals surface area contributed by atoms with Gasteiger partial charge in [-0.15, -0.1) is 0 Å². The molecular weight excluding hydrogens is 310 g/mol. The van der Waals surface area contributed by atoms with Crippen LogP contribution in [0.3, 0.4) is 0 Å². The summed E-state index contributed by atoms with van der Waals surface area (Å²) in [5, 5.41) is 14.3. The van der Waals surface area contributed by atoms with Crippen molar-refractivity contribution < 1.29 is 9.90 Å². The van der Waals surface area contributed by atoms with E-state index in [1.54, 1.807) is 29.2 Å². The maximum absolute atomic E-state index is 11.9. The third-order valence-electron chi connectivity index (χ3n) is 3.49. The van der Waals surface area contributed by atoms with Crippen LogP contribution in [-0.4, -0.2) is 35.9 Å². The molecule has 0 unspecified atom stereocenters. The average molecular weight is 333 g/mol. The van der Waals surface area contributed by atoms with Gasteiger partial charge in [0.15, 0.2) is 5.82 Å². The first-order chi connectivity index (χ1) is 11.2. The van der Waals surface area contributed by atoms with Crippen molar-refractivity contribution in [3.8, 4) is 0 Å². The summed E-state index contributed by atoms with van der Waals surface area (Å²) in [6.07, 6.45) is 0.392. The van der Waals surface area contributed by atoms with Gasteiger partial charge in [-0.25, -0.2) is 9.67 Å².